The number of ether oxygens (including phenoxy) is 1. The second kappa shape index (κ2) is 14.8. The zero-order chi connectivity index (χ0) is 18.3. The molecule has 0 spiro atoms. The molecule has 0 aliphatic rings. The lowest BCUT2D eigenvalue weighted by atomic mass is 10.3. The van der Waals surface area contributed by atoms with Gasteiger partial charge in [-0.25, -0.2) is 14.4 Å². The molecule has 0 saturated carbocycles. The van der Waals surface area contributed by atoms with E-state index in [4.69, 9.17) is 20.1 Å². The number of aliphatic carboxylic acids is 3. The Morgan fingerprint density at radius 1 is 0.909 bits per heavy atom. The first kappa shape index (κ1) is 24.4. The lowest BCUT2D eigenvalue weighted by Gasteiger charge is -1.96. The van der Waals surface area contributed by atoms with Crippen molar-refractivity contribution in [2.24, 2.45) is 0 Å². The lowest BCUT2D eigenvalue weighted by molar-refractivity contribution is -0.133. The van der Waals surface area contributed by atoms with Gasteiger partial charge in [-0.3, -0.25) is 0 Å². The summed E-state index contributed by atoms with van der Waals surface area (Å²) in [6.07, 6.45) is 2.16. The maximum Gasteiger partial charge on any atom is 0.334 e. The van der Waals surface area contributed by atoms with Gasteiger partial charge in [0.2, 0.25) is 0 Å². The minimum absolute atomic E-state index is 0.176. The van der Waals surface area contributed by atoms with E-state index in [1.165, 1.54) is 27.0 Å². The number of carbonyl (C=O) groups is 3. The Morgan fingerprint density at radius 2 is 1.23 bits per heavy atom. The van der Waals surface area contributed by atoms with Gasteiger partial charge >= 0.3 is 17.9 Å². The first-order chi connectivity index (χ1) is 9.97. The molecule has 0 amide bonds. The molecule has 22 heavy (non-hydrogen) atoms. The highest BCUT2D eigenvalue weighted by Gasteiger charge is 1.97. The summed E-state index contributed by atoms with van der Waals surface area (Å²) in [6, 6.07) is 0. The van der Waals surface area contributed by atoms with E-state index < -0.39 is 17.9 Å². The van der Waals surface area contributed by atoms with Crippen LogP contribution in [0, 0.1) is 0 Å². The van der Waals surface area contributed by atoms with Gasteiger partial charge in [0, 0.05) is 11.1 Å². The van der Waals surface area contributed by atoms with E-state index in [-0.39, 0.29) is 16.7 Å². The van der Waals surface area contributed by atoms with Gasteiger partial charge in [-0.1, -0.05) is 20.1 Å². The van der Waals surface area contributed by atoms with Crippen molar-refractivity contribution in [1.29, 1.82) is 0 Å². The molecule has 0 aliphatic carbocycles. The summed E-state index contributed by atoms with van der Waals surface area (Å²) in [7, 11) is 0. The van der Waals surface area contributed by atoms with Crippen LogP contribution in [0.2, 0.25) is 0 Å². The van der Waals surface area contributed by atoms with E-state index in [1.54, 1.807) is 0 Å². The predicted octanol–water partition coefficient (Wildman–Crippen LogP) is 2.70. The molecule has 3 N–H and O–H groups in total. The largest absolute Gasteiger partial charge is 0.501 e. The fourth-order valence-corrected chi connectivity index (χ4v) is 0.352. The monoisotopic (exact) mass is 316 g/mol. The topological polar surface area (TPSA) is 121 Å². The van der Waals surface area contributed by atoms with Crippen molar-refractivity contribution >= 4 is 17.9 Å². The Bertz CT molecular complexity index is 385. The molecule has 126 valence electrons. The van der Waals surface area contributed by atoms with Crippen LogP contribution in [0.1, 0.15) is 34.1 Å². The van der Waals surface area contributed by atoms with Crippen molar-refractivity contribution in [3.8, 4) is 0 Å². The zero-order valence-electron chi connectivity index (χ0n) is 13.4. The molecule has 0 radical (unpaired) electrons. The van der Waals surface area contributed by atoms with Crippen LogP contribution in [0.15, 0.2) is 36.1 Å². The molecule has 0 aromatic heterocycles. The maximum absolute atomic E-state index is 10.1. The Balaban J connectivity index is -0.000000261. The SMILES string of the molecule is C=C(C)C(=O)O.C=C(C)C(=O)O.CCCOC=C(C)C(=O)O. The minimum atomic E-state index is -0.935. The third kappa shape index (κ3) is 22.6. The minimum Gasteiger partial charge on any atom is -0.501 e. The van der Waals surface area contributed by atoms with E-state index in [0.717, 1.165) is 6.42 Å². The number of carboxylic acids is 3. The van der Waals surface area contributed by atoms with Crippen LogP contribution in [0.25, 0.3) is 0 Å². The Morgan fingerprint density at radius 3 is 1.41 bits per heavy atom. The smallest absolute Gasteiger partial charge is 0.334 e. The van der Waals surface area contributed by atoms with E-state index in [0.29, 0.717) is 6.61 Å². The quantitative estimate of drug-likeness (QED) is 0.391. The second-order valence-corrected chi connectivity index (χ2v) is 4.15. The third-order valence-electron chi connectivity index (χ3n) is 1.65. The molecule has 0 heterocycles. The van der Waals surface area contributed by atoms with Crippen molar-refractivity contribution < 1.29 is 34.4 Å². The summed E-state index contributed by atoms with van der Waals surface area (Å²) in [5.74, 6) is -2.80. The van der Waals surface area contributed by atoms with Crippen LogP contribution in [-0.2, 0) is 19.1 Å². The van der Waals surface area contributed by atoms with Gasteiger partial charge in [0.15, 0.2) is 0 Å². The zero-order valence-corrected chi connectivity index (χ0v) is 13.4. The number of rotatable bonds is 6. The van der Waals surface area contributed by atoms with Crippen LogP contribution in [0.3, 0.4) is 0 Å². The van der Waals surface area contributed by atoms with Crippen molar-refractivity contribution in [2.45, 2.75) is 34.1 Å². The fourth-order valence-electron chi connectivity index (χ4n) is 0.352. The first-order valence-electron chi connectivity index (χ1n) is 6.26. The molecule has 0 aliphatic heterocycles. The highest BCUT2D eigenvalue weighted by molar-refractivity contribution is 5.85. The molecule has 7 nitrogen and oxygen atoms in total. The van der Waals surface area contributed by atoms with Crippen molar-refractivity contribution in [1.82, 2.24) is 0 Å². The van der Waals surface area contributed by atoms with E-state index in [9.17, 15) is 14.4 Å². The first-order valence-corrected chi connectivity index (χ1v) is 6.26. The van der Waals surface area contributed by atoms with Gasteiger partial charge in [-0.2, -0.15) is 0 Å². The molecule has 0 rings (SSSR count). The van der Waals surface area contributed by atoms with Crippen molar-refractivity contribution in [3.63, 3.8) is 0 Å². The molecular formula is C15H24O7. The van der Waals surface area contributed by atoms with E-state index >= 15 is 0 Å². The second-order valence-electron chi connectivity index (χ2n) is 4.15. The van der Waals surface area contributed by atoms with Crippen LogP contribution in [0.5, 0.6) is 0 Å². The molecule has 0 saturated heterocycles. The molecule has 0 unspecified atom stereocenters. The van der Waals surface area contributed by atoms with Crippen LogP contribution < -0.4 is 0 Å². The Labute approximate surface area is 130 Å². The van der Waals surface area contributed by atoms with E-state index in [1.807, 2.05) is 6.92 Å². The summed E-state index contributed by atoms with van der Waals surface area (Å²) in [6.45, 7) is 13.2. The van der Waals surface area contributed by atoms with Gasteiger partial charge in [-0.05, 0) is 27.2 Å². The van der Waals surface area contributed by atoms with Crippen molar-refractivity contribution in [3.05, 3.63) is 36.1 Å². The fraction of sp³-hybridized carbons (Fsp3) is 0.400. The predicted molar refractivity (Wildman–Crippen MR) is 82.5 cm³/mol. The van der Waals surface area contributed by atoms with Gasteiger partial charge in [0.25, 0.3) is 0 Å². The number of carboxylic acid groups (broad SMARTS) is 3. The number of hydrogen-bond donors (Lipinski definition) is 3. The number of hydrogen-bond acceptors (Lipinski definition) is 4. The Hall–Kier alpha value is -2.57. The summed E-state index contributed by atoms with van der Waals surface area (Å²) in [5.41, 5.74) is 0.582. The normalized spacial score (nSPS) is 9.18. The maximum atomic E-state index is 10.1. The average molecular weight is 316 g/mol. The van der Waals surface area contributed by atoms with Crippen LogP contribution in [-0.4, -0.2) is 39.8 Å². The third-order valence-corrected chi connectivity index (χ3v) is 1.65. The average Bonchev–Trinajstić information content (AvgIpc) is 2.39. The van der Waals surface area contributed by atoms with Gasteiger partial charge in [-0.15, -0.1) is 0 Å². The standard InChI is InChI=1S/C7H12O3.2C4H6O2/c1-3-4-10-5-6(2)7(8)9;2*1-3(2)4(5)6/h5H,3-4H2,1-2H3,(H,8,9);2*1H2,2H3,(H,5,6). The molecule has 0 bridgehead atoms. The molecule has 0 aromatic rings. The van der Waals surface area contributed by atoms with Gasteiger partial charge in [0.05, 0.1) is 18.4 Å². The lowest BCUT2D eigenvalue weighted by Crippen LogP contribution is -1.97. The molecule has 0 fully saturated rings. The van der Waals surface area contributed by atoms with Gasteiger partial charge in [0.1, 0.15) is 0 Å². The van der Waals surface area contributed by atoms with Crippen LogP contribution >= 0.6 is 0 Å². The highest BCUT2D eigenvalue weighted by atomic mass is 16.5. The summed E-state index contributed by atoms with van der Waals surface area (Å²) in [4.78, 5) is 29.3. The van der Waals surface area contributed by atoms with Crippen molar-refractivity contribution in [2.75, 3.05) is 6.61 Å². The summed E-state index contributed by atoms with van der Waals surface area (Å²) < 4.78 is 4.86. The van der Waals surface area contributed by atoms with Gasteiger partial charge < -0.3 is 20.1 Å². The van der Waals surface area contributed by atoms with E-state index in [2.05, 4.69) is 13.2 Å². The molecule has 0 atom stereocenters. The Kier molecular flexibility index (Phi) is 16.5. The van der Waals surface area contributed by atoms with Crippen LogP contribution in [0.4, 0.5) is 0 Å². The summed E-state index contributed by atoms with van der Waals surface area (Å²) >= 11 is 0. The molecule has 7 heteroatoms. The molecule has 0 aromatic carbocycles. The highest BCUT2D eigenvalue weighted by Crippen LogP contribution is 1.92. The molecular weight excluding hydrogens is 292 g/mol. The summed E-state index contributed by atoms with van der Waals surface area (Å²) in [5, 5.41) is 24.1.